The van der Waals surface area contributed by atoms with Crippen LogP contribution < -0.4 is 11.2 Å². The Morgan fingerprint density at radius 1 is 1.26 bits per heavy atom. The van der Waals surface area contributed by atoms with Crippen LogP contribution in [0.4, 0.5) is 0 Å². The Balaban J connectivity index is 1.58. The van der Waals surface area contributed by atoms with Gasteiger partial charge in [-0.2, -0.15) is 0 Å². The Labute approximate surface area is 153 Å². The number of piperidine rings is 1. The first-order chi connectivity index (χ1) is 13.0. The maximum absolute atomic E-state index is 12.7. The molecule has 27 heavy (non-hydrogen) atoms. The molecule has 0 unspecified atom stereocenters. The van der Waals surface area contributed by atoms with Crippen LogP contribution in [-0.2, 0) is 0 Å². The fourth-order valence-corrected chi connectivity index (χ4v) is 3.67. The van der Waals surface area contributed by atoms with E-state index >= 15 is 0 Å². The molecule has 3 aromatic rings. The number of H-pyrrole nitrogens is 1. The summed E-state index contributed by atoms with van der Waals surface area (Å²) in [6.45, 7) is 4.34. The highest BCUT2D eigenvalue weighted by Gasteiger charge is 2.29. The van der Waals surface area contributed by atoms with E-state index in [-0.39, 0.29) is 23.2 Å². The minimum atomic E-state index is -0.471. The lowest BCUT2D eigenvalue weighted by Gasteiger charge is -2.32. The molecule has 1 amide bonds. The zero-order chi connectivity index (χ0) is 19.1. The maximum atomic E-state index is 12.7. The second-order valence-corrected chi connectivity index (χ2v) is 6.73. The quantitative estimate of drug-likeness (QED) is 0.725. The van der Waals surface area contributed by atoms with Crippen molar-refractivity contribution in [2.75, 3.05) is 13.1 Å². The van der Waals surface area contributed by atoms with Gasteiger partial charge in [0.2, 0.25) is 0 Å². The van der Waals surface area contributed by atoms with Crippen molar-refractivity contribution in [2.45, 2.75) is 32.7 Å². The van der Waals surface area contributed by atoms with Crippen LogP contribution in [0.25, 0.3) is 11.0 Å². The standard InChI is InChI=1S/C18H19N5O4/c1-10-14(11(2)27-21-10)17(25)22-8-5-12(6-9-22)23-16(24)13-4-3-7-19-15(13)20-18(23)26/h3-4,7,12H,5-6,8-9H2,1-2H3,(H,19,20,26). The van der Waals surface area contributed by atoms with Crippen molar-refractivity contribution in [3.63, 3.8) is 0 Å². The minimum absolute atomic E-state index is 0.131. The molecule has 9 heteroatoms. The Bertz CT molecular complexity index is 1120. The van der Waals surface area contributed by atoms with Gasteiger partial charge in [-0.3, -0.25) is 19.1 Å². The third-order valence-electron chi connectivity index (χ3n) is 5.07. The van der Waals surface area contributed by atoms with E-state index in [9.17, 15) is 14.4 Å². The van der Waals surface area contributed by atoms with Gasteiger partial charge < -0.3 is 9.42 Å². The van der Waals surface area contributed by atoms with Gasteiger partial charge in [-0.15, -0.1) is 0 Å². The van der Waals surface area contributed by atoms with Crippen molar-refractivity contribution in [1.29, 1.82) is 0 Å². The number of nitrogens with zero attached hydrogens (tertiary/aromatic N) is 4. The molecular weight excluding hydrogens is 350 g/mol. The lowest BCUT2D eigenvalue weighted by Crippen LogP contribution is -2.45. The molecule has 1 fully saturated rings. The minimum Gasteiger partial charge on any atom is -0.361 e. The van der Waals surface area contributed by atoms with Gasteiger partial charge in [0.05, 0.1) is 11.1 Å². The number of hydrogen-bond donors (Lipinski definition) is 1. The van der Waals surface area contributed by atoms with E-state index in [1.807, 2.05) is 0 Å². The molecule has 140 valence electrons. The number of fused-ring (bicyclic) bond motifs is 1. The molecule has 0 bridgehead atoms. The van der Waals surface area contributed by atoms with Crippen LogP contribution in [0.5, 0.6) is 0 Å². The van der Waals surface area contributed by atoms with Crippen molar-refractivity contribution in [3.05, 3.63) is 56.2 Å². The molecule has 0 radical (unpaired) electrons. The third kappa shape index (κ3) is 2.84. The summed E-state index contributed by atoms with van der Waals surface area (Å²) in [5, 5.41) is 4.21. The number of carbonyl (C=O) groups is 1. The first kappa shape index (κ1) is 17.2. The Kier molecular flexibility index (Phi) is 4.14. The molecule has 0 spiro atoms. The van der Waals surface area contributed by atoms with Gasteiger partial charge in [0, 0.05) is 25.3 Å². The fourth-order valence-electron chi connectivity index (χ4n) is 3.67. The summed E-state index contributed by atoms with van der Waals surface area (Å²) < 4.78 is 6.33. The summed E-state index contributed by atoms with van der Waals surface area (Å²) in [5.74, 6) is 0.364. The zero-order valence-corrected chi connectivity index (χ0v) is 15.1. The lowest BCUT2D eigenvalue weighted by molar-refractivity contribution is 0.0689. The van der Waals surface area contributed by atoms with Crippen LogP contribution in [0.1, 0.15) is 40.7 Å². The Morgan fingerprint density at radius 2 is 2.00 bits per heavy atom. The zero-order valence-electron chi connectivity index (χ0n) is 15.1. The molecule has 0 atom stereocenters. The molecule has 9 nitrogen and oxygen atoms in total. The largest absolute Gasteiger partial charge is 0.361 e. The number of nitrogens with one attached hydrogen (secondary N) is 1. The summed E-state index contributed by atoms with van der Waals surface area (Å²) in [7, 11) is 0. The molecule has 1 N–H and O–H groups in total. The van der Waals surface area contributed by atoms with Crippen molar-refractivity contribution >= 4 is 16.9 Å². The number of likely N-dealkylation sites (tertiary alicyclic amines) is 1. The van der Waals surface area contributed by atoms with Gasteiger partial charge in [0.1, 0.15) is 17.0 Å². The predicted octanol–water partition coefficient (Wildman–Crippen LogP) is 1.17. The van der Waals surface area contributed by atoms with Crippen LogP contribution in [0, 0.1) is 13.8 Å². The van der Waals surface area contributed by atoms with Gasteiger partial charge in [-0.25, -0.2) is 9.78 Å². The van der Waals surface area contributed by atoms with E-state index in [0.29, 0.717) is 48.3 Å². The van der Waals surface area contributed by atoms with E-state index in [2.05, 4.69) is 15.1 Å². The van der Waals surface area contributed by atoms with Gasteiger partial charge in [0.25, 0.3) is 11.5 Å². The fraction of sp³-hybridized carbons (Fsp3) is 0.389. The number of hydrogen-bond acceptors (Lipinski definition) is 6. The topological polar surface area (TPSA) is 114 Å². The Morgan fingerprint density at radius 3 is 2.67 bits per heavy atom. The summed E-state index contributed by atoms with van der Waals surface area (Å²) in [4.78, 5) is 46.3. The molecule has 3 aromatic heterocycles. The molecule has 1 aliphatic rings. The van der Waals surface area contributed by atoms with Crippen molar-refractivity contribution < 1.29 is 9.32 Å². The highest BCUT2D eigenvalue weighted by Crippen LogP contribution is 2.23. The van der Waals surface area contributed by atoms with E-state index in [0.717, 1.165) is 0 Å². The second-order valence-electron chi connectivity index (χ2n) is 6.73. The molecule has 0 aliphatic carbocycles. The average molecular weight is 369 g/mol. The smallest absolute Gasteiger partial charge is 0.330 e. The number of aromatic amines is 1. The molecular formula is C18H19N5O4. The number of rotatable bonds is 2. The second kappa shape index (κ2) is 6.49. The van der Waals surface area contributed by atoms with Gasteiger partial charge in [0.15, 0.2) is 0 Å². The number of pyridine rings is 1. The number of aromatic nitrogens is 4. The van der Waals surface area contributed by atoms with Crippen LogP contribution >= 0.6 is 0 Å². The van der Waals surface area contributed by atoms with E-state index < -0.39 is 5.69 Å². The lowest BCUT2D eigenvalue weighted by atomic mass is 10.0. The molecule has 4 heterocycles. The first-order valence-corrected chi connectivity index (χ1v) is 8.79. The van der Waals surface area contributed by atoms with Gasteiger partial charge in [-0.1, -0.05) is 5.16 Å². The van der Waals surface area contributed by atoms with E-state index in [4.69, 9.17) is 4.52 Å². The summed E-state index contributed by atoms with van der Waals surface area (Å²) in [6.07, 6.45) is 2.56. The normalized spacial score (nSPS) is 15.4. The SMILES string of the molecule is Cc1noc(C)c1C(=O)N1CCC(n2c(=O)[nH]c3ncccc3c2=O)CC1. The first-order valence-electron chi connectivity index (χ1n) is 8.79. The van der Waals surface area contributed by atoms with Crippen molar-refractivity contribution in [1.82, 2.24) is 24.6 Å². The van der Waals surface area contributed by atoms with E-state index in [1.54, 1.807) is 30.9 Å². The molecule has 0 aromatic carbocycles. The summed E-state index contributed by atoms with van der Waals surface area (Å²) >= 11 is 0. The van der Waals surface area contributed by atoms with Gasteiger partial charge in [-0.05, 0) is 38.8 Å². The summed E-state index contributed by atoms with van der Waals surface area (Å²) in [5.41, 5.74) is 0.517. The maximum Gasteiger partial charge on any atom is 0.330 e. The molecule has 1 aliphatic heterocycles. The van der Waals surface area contributed by atoms with Crippen molar-refractivity contribution in [2.24, 2.45) is 0 Å². The van der Waals surface area contributed by atoms with Crippen LogP contribution in [-0.4, -0.2) is 43.6 Å². The predicted molar refractivity (Wildman–Crippen MR) is 96.8 cm³/mol. The highest BCUT2D eigenvalue weighted by molar-refractivity contribution is 5.96. The van der Waals surface area contributed by atoms with Gasteiger partial charge >= 0.3 is 5.69 Å². The average Bonchev–Trinajstić information content (AvgIpc) is 3.00. The monoisotopic (exact) mass is 369 g/mol. The molecule has 0 saturated carbocycles. The van der Waals surface area contributed by atoms with Crippen molar-refractivity contribution in [3.8, 4) is 0 Å². The van der Waals surface area contributed by atoms with Crippen LogP contribution in [0.3, 0.4) is 0 Å². The number of carbonyl (C=O) groups excluding carboxylic acids is 1. The Hall–Kier alpha value is -3.23. The number of aryl methyl sites for hydroxylation is 2. The van der Waals surface area contributed by atoms with Crippen LogP contribution in [0.2, 0.25) is 0 Å². The summed E-state index contributed by atoms with van der Waals surface area (Å²) in [6, 6.07) is 3.05. The van der Waals surface area contributed by atoms with E-state index in [1.165, 1.54) is 10.8 Å². The number of amides is 1. The third-order valence-corrected chi connectivity index (χ3v) is 5.07. The molecule has 4 rings (SSSR count). The highest BCUT2D eigenvalue weighted by atomic mass is 16.5. The molecule has 1 saturated heterocycles. The van der Waals surface area contributed by atoms with Crippen LogP contribution in [0.15, 0.2) is 32.4 Å².